The number of rotatable bonds is 2. The molecule has 168 valence electrons. The molecule has 2 atom stereocenters. The van der Waals surface area contributed by atoms with Crippen molar-refractivity contribution in [2.75, 3.05) is 5.32 Å². The Kier molecular flexibility index (Phi) is 6.67. The molecule has 2 bridgehead atoms. The van der Waals surface area contributed by atoms with Gasteiger partial charge in [0.25, 0.3) is 0 Å². The number of aryl methyl sites for hydroxylation is 1. The third-order valence-electron chi connectivity index (χ3n) is 5.45. The summed E-state index contributed by atoms with van der Waals surface area (Å²) < 4.78 is 7.21. The van der Waals surface area contributed by atoms with Crippen molar-refractivity contribution in [2.45, 2.75) is 65.5 Å². The van der Waals surface area contributed by atoms with Gasteiger partial charge in [0.1, 0.15) is 5.60 Å². The van der Waals surface area contributed by atoms with E-state index in [1.54, 1.807) is 17.1 Å². The Labute approximate surface area is 183 Å². The van der Waals surface area contributed by atoms with Crippen LogP contribution in [0.15, 0.2) is 24.5 Å². The molecule has 3 heterocycles. The highest BCUT2D eigenvalue weighted by Gasteiger charge is 2.27. The maximum absolute atomic E-state index is 13.0. The van der Waals surface area contributed by atoms with Gasteiger partial charge in [0.2, 0.25) is 5.91 Å². The lowest BCUT2D eigenvalue weighted by atomic mass is 9.88. The molecule has 0 aliphatic carbocycles. The lowest BCUT2D eigenvalue weighted by molar-refractivity contribution is -0.121. The van der Waals surface area contributed by atoms with E-state index in [1.165, 1.54) is 0 Å². The van der Waals surface area contributed by atoms with Gasteiger partial charge in [-0.15, -0.1) is 0 Å². The van der Waals surface area contributed by atoms with E-state index in [0.717, 1.165) is 23.4 Å². The van der Waals surface area contributed by atoms with Gasteiger partial charge < -0.3 is 15.4 Å². The van der Waals surface area contributed by atoms with Crippen molar-refractivity contribution >= 4 is 17.7 Å². The molecule has 0 aromatic carbocycles. The number of amides is 2. The Balaban J connectivity index is 2.01. The largest absolute Gasteiger partial charge is 0.444 e. The summed E-state index contributed by atoms with van der Waals surface area (Å²) in [5, 5.41) is 10.4. The fourth-order valence-corrected chi connectivity index (χ4v) is 3.94. The van der Waals surface area contributed by atoms with Gasteiger partial charge in [0.15, 0.2) is 0 Å². The van der Waals surface area contributed by atoms with Gasteiger partial charge in [0.05, 0.1) is 29.3 Å². The van der Waals surface area contributed by atoms with E-state index in [-0.39, 0.29) is 23.8 Å². The molecular weight excluding hydrogens is 394 g/mol. The molecule has 2 aromatic rings. The number of anilines is 1. The Morgan fingerprint density at radius 3 is 2.74 bits per heavy atom. The number of aromatic nitrogens is 3. The zero-order chi connectivity index (χ0) is 22.8. The molecule has 0 saturated carbocycles. The number of alkyl carbamates (subject to hydrolysis) is 1. The predicted molar refractivity (Wildman–Crippen MR) is 119 cm³/mol. The van der Waals surface area contributed by atoms with Crippen LogP contribution >= 0.6 is 0 Å². The van der Waals surface area contributed by atoms with Crippen molar-refractivity contribution in [2.24, 2.45) is 18.9 Å². The number of hydrogen-bond donors (Lipinski definition) is 2. The molecule has 8 nitrogen and oxygen atoms in total. The summed E-state index contributed by atoms with van der Waals surface area (Å²) in [6.07, 6.45) is 5.05. The molecule has 0 saturated heterocycles. The number of carbonyl (C=O) groups excluding carboxylic acids is 2. The number of pyridine rings is 1. The van der Waals surface area contributed by atoms with Crippen LogP contribution in [0.1, 0.15) is 65.6 Å². The van der Waals surface area contributed by atoms with Crippen LogP contribution in [0, 0.1) is 11.8 Å². The molecule has 1 aliphatic rings. The number of hydrogen-bond acceptors (Lipinski definition) is 5. The van der Waals surface area contributed by atoms with Crippen LogP contribution < -0.4 is 10.6 Å². The van der Waals surface area contributed by atoms with Gasteiger partial charge in [-0.2, -0.15) is 5.10 Å². The smallest absolute Gasteiger partial charge is 0.408 e. The lowest BCUT2D eigenvalue weighted by Crippen LogP contribution is -2.35. The zero-order valence-electron chi connectivity index (χ0n) is 19.2. The zero-order valence-corrected chi connectivity index (χ0v) is 19.2. The van der Waals surface area contributed by atoms with Crippen molar-refractivity contribution in [1.82, 2.24) is 20.1 Å². The summed E-state index contributed by atoms with van der Waals surface area (Å²) in [7, 11) is 1.84. The topological polar surface area (TPSA) is 98.1 Å². The molecule has 0 radical (unpaired) electrons. The van der Waals surface area contributed by atoms with Gasteiger partial charge in [-0.1, -0.05) is 20.3 Å². The maximum Gasteiger partial charge on any atom is 0.408 e. The monoisotopic (exact) mass is 427 g/mol. The molecule has 0 spiro atoms. The molecular formula is C23H33N5O3. The first kappa shape index (κ1) is 22.8. The van der Waals surface area contributed by atoms with E-state index < -0.39 is 11.7 Å². The molecule has 2 amide bonds. The second-order valence-electron chi connectivity index (χ2n) is 9.47. The van der Waals surface area contributed by atoms with Gasteiger partial charge in [-0.25, -0.2) is 4.79 Å². The van der Waals surface area contributed by atoms with Crippen LogP contribution in [0.5, 0.6) is 0 Å². The normalized spacial score (nSPS) is 19.6. The van der Waals surface area contributed by atoms with E-state index in [2.05, 4.69) is 34.6 Å². The highest BCUT2D eigenvalue weighted by Crippen LogP contribution is 2.32. The summed E-state index contributed by atoms with van der Waals surface area (Å²) in [6.45, 7) is 9.62. The molecule has 2 aromatic heterocycles. The third kappa shape index (κ3) is 5.62. The minimum atomic E-state index is -0.588. The average molecular weight is 428 g/mol. The number of nitrogens with zero attached hydrogens (tertiary/aromatic N) is 3. The highest BCUT2D eigenvalue weighted by atomic mass is 16.6. The van der Waals surface area contributed by atoms with Crippen LogP contribution in [0.4, 0.5) is 10.5 Å². The van der Waals surface area contributed by atoms with Gasteiger partial charge in [-0.3, -0.25) is 14.5 Å². The summed E-state index contributed by atoms with van der Waals surface area (Å²) in [5.74, 6) is 0.0491. The van der Waals surface area contributed by atoms with Crippen LogP contribution in [0.2, 0.25) is 0 Å². The molecule has 3 rings (SSSR count). The summed E-state index contributed by atoms with van der Waals surface area (Å²) >= 11 is 0. The number of fused-ring (bicyclic) bond motifs is 4. The summed E-state index contributed by atoms with van der Waals surface area (Å²) in [5.41, 5.74) is 2.51. The summed E-state index contributed by atoms with van der Waals surface area (Å²) in [6, 6.07) is 3.50. The molecule has 1 aliphatic heterocycles. The minimum absolute atomic E-state index is 0.00393. The fraction of sp³-hybridized carbons (Fsp3) is 0.565. The van der Waals surface area contributed by atoms with Gasteiger partial charge >= 0.3 is 6.09 Å². The van der Waals surface area contributed by atoms with Crippen LogP contribution in [-0.2, 0) is 16.6 Å². The number of nitrogens with one attached hydrogen (secondary N) is 2. The quantitative estimate of drug-likeness (QED) is 0.738. The Hall–Kier alpha value is -2.90. The highest BCUT2D eigenvalue weighted by molar-refractivity contribution is 5.96. The minimum Gasteiger partial charge on any atom is -0.444 e. The molecule has 31 heavy (non-hydrogen) atoms. The number of carbonyl (C=O) groups is 2. The first-order chi connectivity index (χ1) is 14.5. The van der Waals surface area contributed by atoms with Crippen molar-refractivity contribution < 1.29 is 14.3 Å². The fourth-order valence-electron chi connectivity index (χ4n) is 3.94. The first-order valence-corrected chi connectivity index (χ1v) is 10.8. The molecule has 0 unspecified atom stereocenters. The SMILES string of the molecule is CC(C)[C@@H]1CCC[C@H](NC(=O)OC(C)(C)C)c2cc(ccn2)-c2c(cnn2C)NC1=O. The van der Waals surface area contributed by atoms with Crippen LogP contribution in [-0.4, -0.2) is 32.4 Å². The number of ether oxygens (including phenoxy) is 1. The second kappa shape index (κ2) is 9.08. The van der Waals surface area contributed by atoms with E-state index >= 15 is 0 Å². The van der Waals surface area contributed by atoms with Gasteiger partial charge in [0, 0.05) is 24.7 Å². The molecule has 2 N–H and O–H groups in total. The van der Waals surface area contributed by atoms with Crippen molar-refractivity contribution in [1.29, 1.82) is 0 Å². The Bertz CT molecular complexity index is 945. The van der Waals surface area contributed by atoms with Gasteiger partial charge in [-0.05, 0) is 51.7 Å². The maximum atomic E-state index is 13.0. The third-order valence-corrected chi connectivity index (χ3v) is 5.45. The average Bonchev–Trinajstić information content (AvgIpc) is 3.01. The van der Waals surface area contributed by atoms with Crippen molar-refractivity contribution in [3.05, 3.63) is 30.2 Å². The van der Waals surface area contributed by atoms with E-state index in [1.807, 2.05) is 40.0 Å². The predicted octanol–water partition coefficient (Wildman–Crippen LogP) is 4.44. The van der Waals surface area contributed by atoms with E-state index in [9.17, 15) is 9.59 Å². The van der Waals surface area contributed by atoms with Crippen molar-refractivity contribution in [3.8, 4) is 11.3 Å². The van der Waals surface area contributed by atoms with Crippen molar-refractivity contribution in [3.63, 3.8) is 0 Å². The standard InChI is InChI=1S/C23H33N5O3/c1-14(2)16-8-7-9-17(27-22(30)31-23(3,4)5)18-12-15(10-11-24-18)20-19(26-21(16)29)13-25-28(20)6/h10-14,16-17H,7-9H2,1-6H3,(H,26,29)(H,27,30)/t16-,17-/m0/s1. The van der Waals surface area contributed by atoms with E-state index in [0.29, 0.717) is 18.5 Å². The Morgan fingerprint density at radius 2 is 2.06 bits per heavy atom. The first-order valence-electron chi connectivity index (χ1n) is 10.8. The second-order valence-corrected chi connectivity index (χ2v) is 9.47. The molecule has 0 fully saturated rings. The van der Waals surface area contributed by atoms with E-state index in [4.69, 9.17) is 4.74 Å². The molecule has 8 heteroatoms. The lowest BCUT2D eigenvalue weighted by Gasteiger charge is -2.25. The van der Waals surface area contributed by atoms with Crippen LogP contribution in [0.3, 0.4) is 0 Å². The summed E-state index contributed by atoms with van der Waals surface area (Å²) in [4.78, 5) is 30.1. The Morgan fingerprint density at radius 1 is 1.32 bits per heavy atom. The van der Waals surface area contributed by atoms with Crippen LogP contribution in [0.25, 0.3) is 11.3 Å².